The van der Waals surface area contributed by atoms with Crippen molar-refractivity contribution in [2.75, 3.05) is 0 Å². The predicted octanol–water partition coefficient (Wildman–Crippen LogP) is 6.76. The highest BCUT2D eigenvalue weighted by Gasteiger charge is 2.39. The van der Waals surface area contributed by atoms with Crippen LogP contribution in [0.2, 0.25) is 0 Å². The van der Waals surface area contributed by atoms with Gasteiger partial charge in [-0.25, -0.2) is 0 Å². The molecule has 0 unspecified atom stereocenters. The Bertz CT molecular complexity index is 909. The molecular formula is C20H15Br2F3O2. The van der Waals surface area contributed by atoms with Crippen LogP contribution in [0.3, 0.4) is 0 Å². The van der Waals surface area contributed by atoms with E-state index in [2.05, 4.69) is 31.9 Å². The van der Waals surface area contributed by atoms with Crippen LogP contribution in [0.15, 0.2) is 57.0 Å². The third-order valence-corrected chi connectivity index (χ3v) is 5.29. The van der Waals surface area contributed by atoms with E-state index in [0.717, 1.165) is 32.2 Å². The summed E-state index contributed by atoms with van der Waals surface area (Å²) in [5, 5.41) is 0. The highest BCUT2D eigenvalue weighted by Crippen LogP contribution is 2.42. The molecule has 1 fully saturated rings. The van der Waals surface area contributed by atoms with E-state index in [4.69, 9.17) is 4.74 Å². The molecule has 1 aliphatic rings. The smallest absolute Gasteiger partial charge is 0.416 e. The van der Waals surface area contributed by atoms with Gasteiger partial charge in [0.2, 0.25) is 0 Å². The summed E-state index contributed by atoms with van der Waals surface area (Å²) in [5.41, 5.74) is 1.24. The van der Waals surface area contributed by atoms with Gasteiger partial charge in [-0.1, -0.05) is 44.0 Å². The highest BCUT2D eigenvalue weighted by molar-refractivity contribution is 9.11. The number of benzene rings is 2. The summed E-state index contributed by atoms with van der Waals surface area (Å²) in [5.74, 6) is -0.353. The Labute approximate surface area is 171 Å². The molecule has 3 rings (SSSR count). The second kappa shape index (κ2) is 7.09. The van der Waals surface area contributed by atoms with E-state index in [9.17, 15) is 18.0 Å². The van der Waals surface area contributed by atoms with Gasteiger partial charge in [0, 0.05) is 8.95 Å². The van der Waals surface area contributed by atoms with Crippen molar-refractivity contribution in [1.29, 1.82) is 0 Å². The molecule has 0 spiro atoms. The third kappa shape index (κ3) is 4.29. The maximum absolute atomic E-state index is 12.9. The second-order valence-electron chi connectivity index (χ2n) is 6.75. The number of alkyl halides is 3. The van der Waals surface area contributed by atoms with Crippen molar-refractivity contribution < 1.29 is 22.7 Å². The molecule has 1 heterocycles. The number of carbonyl (C=O) groups is 1. The highest BCUT2D eigenvalue weighted by atomic mass is 79.9. The lowest BCUT2D eigenvalue weighted by atomic mass is 9.85. The molecule has 142 valence electrons. The summed E-state index contributed by atoms with van der Waals surface area (Å²) in [4.78, 5) is 11.9. The van der Waals surface area contributed by atoms with Gasteiger partial charge in [0.05, 0.1) is 12.0 Å². The number of cyclic esters (lactones) is 1. The molecule has 0 amide bonds. The fourth-order valence-corrected chi connectivity index (χ4v) is 4.46. The number of carbonyl (C=O) groups excluding carboxylic acids is 1. The maximum atomic E-state index is 12.9. The first-order valence-corrected chi connectivity index (χ1v) is 9.65. The van der Waals surface area contributed by atoms with E-state index >= 15 is 0 Å². The maximum Gasteiger partial charge on any atom is 0.416 e. The van der Waals surface area contributed by atoms with Crippen molar-refractivity contribution in [1.82, 2.24) is 0 Å². The molecule has 2 nitrogen and oxygen atoms in total. The predicted molar refractivity (Wildman–Crippen MR) is 104 cm³/mol. The summed E-state index contributed by atoms with van der Waals surface area (Å²) in [7, 11) is 0. The van der Waals surface area contributed by atoms with E-state index in [1.807, 2.05) is 18.2 Å². The Kier molecular flexibility index (Phi) is 5.29. The molecule has 2 aromatic carbocycles. The minimum absolute atomic E-state index is 0.0908. The van der Waals surface area contributed by atoms with Crippen LogP contribution in [-0.2, 0) is 15.7 Å². The first-order valence-electron chi connectivity index (χ1n) is 8.07. The molecule has 1 saturated heterocycles. The van der Waals surface area contributed by atoms with Crippen molar-refractivity contribution >= 4 is 43.4 Å². The summed E-state index contributed by atoms with van der Waals surface area (Å²) in [6, 6.07) is 10.5. The summed E-state index contributed by atoms with van der Waals surface area (Å²) in [6.45, 7) is 3.56. The number of halogens is 5. The molecule has 0 aliphatic carbocycles. The first-order chi connectivity index (χ1) is 12.5. The van der Waals surface area contributed by atoms with E-state index in [0.29, 0.717) is 11.1 Å². The molecular weight excluding hydrogens is 489 g/mol. The molecule has 7 heteroatoms. The van der Waals surface area contributed by atoms with E-state index in [1.54, 1.807) is 13.8 Å². The molecule has 0 N–H and O–H groups in total. The number of rotatable bonds is 2. The van der Waals surface area contributed by atoms with Crippen LogP contribution in [0.4, 0.5) is 13.2 Å². The zero-order valence-corrected chi connectivity index (χ0v) is 17.6. The minimum atomic E-state index is -4.41. The van der Waals surface area contributed by atoms with Crippen molar-refractivity contribution in [2.24, 2.45) is 0 Å². The van der Waals surface area contributed by atoms with Gasteiger partial charge < -0.3 is 4.74 Å². The summed E-state index contributed by atoms with van der Waals surface area (Å²) in [6.07, 6.45) is -4.32. The van der Waals surface area contributed by atoms with Gasteiger partial charge in [0.25, 0.3) is 0 Å². The van der Waals surface area contributed by atoms with Crippen LogP contribution in [0.25, 0.3) is 5.57 Å². The van der Waals surface area contributed by atoms with Crippen LogP contribution < -0.4 is 0 Å². The lowest BCUT2D eigenvalue weighted by molar-refractivity contribution is -0.145. The number of esters is 1. The normalized spacial score (nSPS) is 18.4. The van der Waals surface area contributed by atoms with Crippen molar-refractivity contribution in [3.8, 4) is 0 Å². The van der Waals surface area contributed by atoms with Crippen LogP contribution in [0, 0.1) is 0 Å². The van der Waals surface area contributed by atoms with Crippen LogP contribution >= 0.6 is 31.9 Å². The van der Waals surface area contributed by atoms with Crippen molar-refractivity contribution in [3.05, 3.63) is 73.7 Å². The van der Waals surface area contributed by atoms with Crippen LogP contribution in [0.1, 0.15) is 37.0 Å². The quantitative estimate of drug-likeness (QED) is 0.423. The van der Waals surface area contributed by atoms with Gasteiger partial charge in [-0.3, -0.25) is 4.79 Å². The molecule has 1 aliphatic heterocycles. The second-order valence-corrected chi connectivity index (χ2v) is 8.58. The molecule has 0 saturated carbocycles. The Morgan fingerprint density at radius 3 is 2.00 bits per heavy atom. The SMILES string of the molecule is CC1(C)OC(=O)C/C1=C(\c1ccc(C(F)(F)F)cc1)c1cc(Br)cc(Br)c1. The molecule has 0 aromatic heterocycles. The summed E-state index contributed by atoms with van der Waals surface area (Å²) >= 11 is 6.88. The Hall–Kier alpha value is -1.60. The molecule has 0 atom stereocenters. The molecule has 0 radical (unpaired) electrons. The van der Waals surface area contributed by atoms with Crippen molar-refractivity contribution in [3.63, 3.8) is 0 Å². The zero-order valence-electron chi connectivity index (χ0n) is 14.5. The van der Waals surface area contributed by atoms with Crippen LogP contribution in [-0.4, -0.2) is 11.6 Å². The summed E-state index contributed by atoms with van der Waals surface area (Å²) < 4.78 is 45.8. The fraction of sp³-hybridized carbons (Fsp3) is 0.250. The molecule has 27 heavy (non-hydrogen) atoms. The number of hydrogen-bond acceptors (Lipinski definition) is 2. The van der Waals surface area contributed by atoms with Gasteiger partial charge in [-0.15, -0.1) is 0 Å². The van der Waals surface area contributed by atoms with Gasteiger partial charge in [0.15, 0.2) is 0 Å². The average molecular weight is 504 g/mol. The standard InChI is InChI=1S/C20H15Br2F3O2/c1-19(2)16(10-17(26)27-19)18(12-7-14(21)9-15(22)8-12)11-3-5-13(6-4-11)20(23,24)25/h3-9H,10H2,1-2H3/b18-16-. The zero-order chi connectivity index (χ0) is 20.0. The van der Waals surface area contributed by atoms with Gasteiger partial charge >= 0.3 is 12.1 Å². The monoisotopic (exact) mass is 502 g/mol. The lowest BCUT2D eigenvalue weighted by Gasteiger charge is -2.23. The molecule has 0 bridgehead atoms. The largest absolute Gasteiger partial charge is 0.455 e. The lowest BCUT2D eigenvalue weighted by Crippen LogP contribution is -2.21. The van der Waals surface area contributed by atoms with E-state index in [-0.39, 0.29) is 12.4 Å². The van der Waals surface area contributed by atoms with Gasteiger partial charge in [0.1, 0.15) is 5.60 Å². The van der Waals surface area contributed by atoms with Crippen molar-refractivity contribution in [2.45, 2.75) is 32.0 Å². The first kappa shape index (κ1) is 20.1. The molecule has 2 aromatic rings. The number of ether oxygens (including phenoxy) is 1. The average Bonchev–Trinajstić information content (AvgIpc) is 2.79. The van der Waals surface area contributed by atoms with E-state index < -0.39 is 17.3 Å². The van der Waals surface area contributed by atoms with Gasteiger partial charge in [-0.05, 0) is 66.5 Å². The van der Waals surface area contributed by atoms with E-state index in [1.165, 1.54) is 12.1 Å². The fourth-order valence-electron chi connectivity index (χ4n) is 3.17. The third-order valence-electron chi connectivity index (χ3n) is 4.37. The van der Waals surface area contributed by atoms with Gasteiger partial charge in [-0.2, -0.15) is 13.2 Å². The Morgan fingerprint density at radius 2 is 1.56 bits per heavy atom. The Morgan fingerprint density at radius 1 is 1.00 bits per heavy atom. The topological polar surface area (TPSA) is 26.3 Å². The minimum Gasteiger partial charge on any atom is -0.455 e. The number of hydrogen-bond donors (Lipinski definition) is 0. The van der Waals surface area contributed by atoms with Crippen LogP contribution in [0.5, 0.6) is 0 Å². The Balaban J connectivity index is 2.24.